The van der Waals surface area contributed by atoms with Gasteiger partial charge in [0.05, 0.1) is 18.4 Å². The normalized spacial score (nSPS) is 11.1. The number of methoxy groups -OCH3 is 1. The van der Waals surface area contributed by atoms with Crippen LogP contribution in [0.1, 0.15) is 16.8 Å². The van der Waals surface area contributed by atoms with E-state index in [0.29, 0.717) is 16.7 Å². The highest BCUT2D eigenvalue weighted by Crippen LogP contribution is 2.30. The Labute approximate surface area is 172 Å². The maximum Gasteiger partial charge on any atom is 0.305 e. The number of carbonyl (C=O) groups is 2. The summed E-state index contributed by atoms with van der Waals surface area (Å²) < 4.78 is 33.6. The van der Waals surface area contributed by atoms with Crippen molar-refractivity contribution in [3.63, 3.8) is 0 Å². The quantitative estimate of drug-likeness (QED) is 0.500. The molecule has 0 spiro atoms. The fourth-order valence-electron chi connectivity index (χ4n) is 2.80. The maximum atomic E-state index is 12.9. The molecule has 1 amide bonds. The zero-order valence-corrected chi connectivity index (χ0v) is 16.8. The zero-order chi connectivity index (χ0) is 21.7. The van der Waals surface area contributed by atoms with Crippen LogP contribution in [-0.2, 0) is 14.8 Å². The van der Waals surface area contributed by atoms with Gasteiger partial charge in [0.1, 0.15) is 11.3 Å². The minimum atomic E-state index is -3.93. The van der Waals surface area contributed by atoms with E-state index in [1.807, 2.05) is 0 Å². The molecule has 2 aromatic carbocycles. The summed E-state index contributed by atoms with van der Waals surface area (Å²) in [7, 11) is -2.45. The number of amides is 1. The summed E-state index contributed by atoms with van der Waals surface area (Å²) in [4.78, 5) is 26.7. The lowest BCUT2D eigenvalue weighted by atomic mass is 10.2. The van der Waals surface area contributed by atoms with Crippen LogP contribution in [0.15, 0.2) is 59.6 Å². The first-order chi connectivity index (χ1) is 14.3. The molecule has 3 N–H and O–H groups in total. The van der Waals surface area contributed by atoms with E-state index in [1.165, 1.54) is 43.5 Å². The van der Waals surface area contributed by atoms with Crippen molar-refractivity contribution in [2.75, 3.05) is 18.4 Å². The number of nitrogens with zero attached hydrogens (tertiary/aromatic N) is 1. The molecule has 0 bridgehead atoms. The fourth-order valence-corrected chi connectivity index (χ4v) is 4.06. The molecule has 3 rings (SSSR count). The number of hydrogen-bond acceptors (Lipinski definition) is 6. The second kappa shape index (κ2) is 8.78. The SMILES string of the molecule is COc1ccc(S(=O)(=O)Nc2ccc(C(=O)NCCC(=O)O)cc2)c2cccnc12. The van der Waals surface area contributed by atoms with E-state index >= 15 is 0 Å². The third-order valence-corrected chi connectivity index (χ3v) is 5.67. The maximum absolute atomic E-state index is 12.9. The van der Waals surface area contributed by atoms with Gasteiger partial charge in [-0.05, 0) is 48.5 Å². The number of anilines is 1. The van der Waals surface area contributed by atoms with Gasteiger partial charge in [-0.3, -0.25) is 19.3 Å². The first kappa shape index (κ1) is 21.1. The van der Waals surface area contributed by atoms with Gasteiger partial charge in [0.15, 0.2) is 0 Å². The highest BCUT2D eigenvalue weighted by atomic mass is 32.2. The molecule has 3 aromatic rings. The summed E-state index contributed by atoms with van der Waals surface area (Å²) in [5, 5.41) is 11.5. The van der Waals surface area contributed by atoms with E-state index < -0.39 is 21.9 Å². The van der Waals surface area contributed by atoms with Crippen LogP contribution in [0, 0.1) is 0 Å². The van der Waals surface area contributed by atoms with E-state index in [9.17, 15) is 18.0 Å². The first-order valence-corrected chi connectivity index (χ1v) is 10.3. The number of sulfonamides is 1. The molecule has 0 atom stereocenters. The van der Waals surface area contributed by atoms with Crippen LogP contribution in [0.2, 0.25) is 0 Å². The second-order valence-corrected chi connectivity index (χ2v) is 7.90. The van der Waals surface area contributed by atoms with Crippen LogP contribution < -0.4 is 14.8 Å². The zero-order valence-electron chi connectivity index (χ0n) is 16.0. The minimum Gasteiger partial charge on any atom is -0.494 e. The number of aromatic nitrogens is 1. The van der Waals surface area contributed by atoms with E-state index in [0.717, 1.165) is 0 Å². The molecule has 0 radical (unpaired) electrons. The second-order valence-electron chi connectivity index (χ2n) is 6.25. The number of aliphatic carboxylic acids is 1. The standard InChI is InChI=1S/C20H19N3O6S/c1-29-16-8-9-17(15-3-2-11-21-19(15)16)30(27,28)23-14-6-4-13(5-7-14)20(26)22-12-10-18(24)25/h2-9,11,23H,10,12H2,1H3,(H,22,26)(H,24,25). The molecule has 10 heteroatoms. The Hall–Kier alpha value is -3.66. The fraction of sp³-hybridized carbons (Fsp3) is 0.150. The van der Waals surface area contributed by atoms with E-state index in [4.69, 9.17) is 9.84 Å². The number of nitrogens with one attached hydrogen (secondary N) is 2. The summed E-state index contributed by atoms with van der Waals surface area (Å²) in [5.74, 6) is -0.998. The largest absolute Gasteiger partial charge is 0.494 e. The van der Waals surface area contributed by atoms with Gasteiger partial charge in [-0.15, -0.1) is 0 Å². The van der Waals surface area contributed by atoms with Crippen molar-refractivity contribution in [1.29, 1.82) is 0 Å². The number of carboxylic acids is 1. The molecule has 0 unspecified atom stereocenters. The van der Waals surface area contributed by atoms with Crippen LogP contribution in [0.5, 0.6) is 5.75 Å². The Morgan fingerprint density at radius 2 is 1.83 bits per heavy atom. The topological polar surface area (TPSA) is 135 Å². The van der Waals surface area contributed by atoms with Gasteiger partial charge < -0.3 is 15.2 Å². The molecule has 0 aliphatic rings. The number of carbonyl (C=O) groups excluding carboxylic acids is 1. The van der Waals surface area contributed by atoms with Crippen LogP contribution in [0.25, 0.3) is 10.9 Å². The van der Waals surface area contributed by atoms with Crippen molar-refractivity contribution in [2.45, 2.75) is 11.3 Å². The molecule has 156 valence electrons. The van der Waals surface area contributed by atoms with Crippen LogP contribution >= 0.6 is 0 Å². The summed E-state index contributed by atoms with van der Waals surface area (Å²) in [6, 6.07) is 12.1. The number of ether oxygens (including phenoxy) is 1. The van der Waals surface area contributed by atoms with Crippen molar-refractivity contribution in [3.05, 3.63) is 60.3 Å². The van der Waals surface area contributed by atoms with E-state index in [1.54, 1.807) is 18.3 Å². The average molecular weight is 429 g/mol. The van der Waals surface area contributed by atoms with Gasteiger partial charge >= 0.3 is 5.97 Å². The van der Waals surface area contributed by atoms with Crippen LogP contribution in [-0.4, -0.2) is 44.0 Å². The van der Waals surface area contributed by atoms with Gasteiger partial charge in [0, 0.05) is 29.4 Å². The van der Waals surface area contributed by atoms with Gasteiger partial charge in [-0.1, -0.05) is 0 Å². The summed E-state index contributed by atoms with van der Waals surface area (Å²) in [6.07, 6.45) is 1.36. The summed E-state index contributed by atoms with van der Waals surface area (Å²) >= 11 is 0. The Morgan fingerprint density at radius 3 is 2.50 bits per heavy atom. The minimum absolute atomic E-state index is 0.00112. The third kappa shape index (κ3) is 4.66. The van der Waals surface area contributed by atoms with Crippen molar-refractivity contribution < 1.29 is 27.9 Å². The van der Waals surface area contributed by atoms with E-state index in [2.05, 4.69) is 15.0 Å². The van der Waals surface area contributed by atoms with Gasteiger partial charge in [0.2, 0.25) is 0 Å². The van der Waals surface area contributed by atoms with Crippen molar-refractivity contribution >= 4 is 38.5 Å². The number of rotatable bonds is 8. The van der Waals surface area contributed by atoms with Gasteiger partial charge in [-0.25, -0.2) is 8.42 Å². The van der Waals surface area contributed by atoms with Gasteiger partial charge in [-0.2, -0.15) is 0 Å². The van der Waals surface area contributed by atoms with Crippen LogP contribution in [0.4, 0.5) is 5.69 Å². The molecule has 0 aliphatic heterocycles. The molecule has 0 aliphatic carbocycles. The molecule has 1 aromatic heterocycles. The Bertz CT molecular complexity index is 1190. The Balaban J connectivity index is 1.80. The lowest BCUT2D eigenvalue weighted by Crippen LogP contribution is -2.25. The molecular formula is C20H19N3O6S. The van der Waals surface area contributed by atoms with Crippen molar-refractivity contribution in [3.8, 4) is 5.75 Å². The monoisotopic (exact) mass is 429 g/mol. The number of fused-ring (bicyclic) bond motifs is 1. The van der Waals surface area contributed by atoms with Gasteiger partial charge in [0.25, 0.3) is 15.9 Å². The predicted molar refractivity (Wildman–Crippen MR) is 110 cm³/mol. The molecule has 1 heterocycles. The van der Waals surface area contributed by atoms with E-state index in [-0.39, 0.29) is 29.1 Å². The van der Waals surface area contributed by atoms with Crippen molar-refractivity contribution in [2.24, 2.45) is 0 Å². The molecule has 30 heavy (non-hydrogen) atoms. The molecule has 0 saturated heterocycles. The number of carboxylic acid groups (broad SMARTS) is 1. The molecule has 0 fully saturated rings. The highest BCUT2D eigenvalue weighted by Gasteiger charge is 2.20. The first-order valence-electron chi connectivity index (χ1n) is 8.86. The van der Waals surface area contributed by atoms with Crippen molar-refractivity contribution in [1.82, 2.24) is 10.3 Å². The Morgan fingerprint density at radius 1 is 1.10 bits per heavy atom. The number of hydrogen-bond donors (Lipinski definition) is 3. The lowest BCUT2D eigenvalue weighted by Gasteiger charge is -2.12. The molecule has 9 nitrogen and oxygen atoms in total. The predicted octanol–water partition coefficient (Wildman–Crippen LogP) is 2.25. The summed E-state index contributed by atoms with van der Waals surface area (Å²) in [5.41, 5.74) is 0.976. The lowest BCUT2D eigenvalue weighted by molar-refractivity contribution is -0.136. The smallest absolute Gasteiger partial charge is 0.305 e. The summed E-state index contributed by atoms with van der Waals surface area (Å²) in [6.45, 7) is 0.00112. The number of pyridine rings is 1. The molecule has 0 saturated carbocycles. The highest BCUT2D eigenvalue weighted by molar-refractivity contribution is 7.93. The number of benzene rings is 2. The third-order valence-electron chi connectivity index (χ3n) is 4.23. The Kier molecular flexibility index (Phi) is 6.17. The molecular weight excluding hydrogens is 410 g/mol. The average Bonchev–Trinajstić information content (AvgIpc) is 2.72. The van der Waals surface area contributed by atoms with Crippen LogP contribution in [0.3, 0.4) is 0 Å².